The minimum absolute atomic E-state index is 0.144. The van der Waals surface area contributed by atoms with E-state index in [1.165, 1.54) is 18.4 Å². The van der Waals surface area contributed by atoms with E-state index in [0.29, 0.717) is 11.7 Å². The van der Waals surface area contributed by atoms with Gasteiger partial charge in [-0.05, 0) is 60.8 Å². The number of nitrogens with zero attached hydrogens (tertiary/aromatic N) is 1. The Hall–Kier alpha value is -2.36. The molecule has 0 radical (unpaired) electrons. The van der Waals surface area contributed by atoms with Gasteiger partial charge >= 0.3 is 0 Å². The van der Waals surface area contributed by atoms with Crippen molar-refractivity contribution in [1.29, 1.82) is 0 Å². The molecule has 1 unspecified atom stereocenters. The highest BCUT2D eigenvalue weighted by atomic mass is 16.6. The minimum atomic E-state index is -0.363. The largest absolute Gasteiger partial charge is 0.508 e. The molecule has 0 heterocycles. The minimum Gasteiger partial charge on any atom is -0.508 e. The Kier molecular flexibility index (Phi) is 4.09. The molecule has 1 N–H and O–H groups in total. The van der Waals surface area contributed by atoms with E-state index in [4.69, 9.17) is 0 Å². The molecule has 0 amide bonds. The highest BCUT2D eigenvalue weighted by molar-refractivity contribution is 5.33. The Bertz CT molecular complexity index is 645. The van der Waals surface area contributed by atoms with E-state index >= 15 is 0 Å². The highest BCUT2D eigenvalue weighted by Gasteiger charge is 2.31. The molecule has 2 aromatic carbocycles. The molecule has 0 aromatic heterocycles. The van der Waals surface area contributed by atoms with Gasteiger partial charge in [0.05, 0.1) is 4.92 Å². The molecule has 1 aliphatic carbocycles. The van der Waals surface area contributed by atoms with Gasteiger partial charge in [-0.15, -0.1) is 0 Å². The first-order chi connectivity index (χ1) is 10.6. The molecular formula is C18H19NO3. The number of non-ortho nitro benzene ring substituents is 1. The number of hydrogen-bond acceptors (Lipinski definition) is 3. The normalized spacial score (nSPS) is 15.5. The van der Waals surface area contributed by atoms with Crippen molar-refractivity contribution in [3.63, 3.8) is 0 Å². The van der Waals surface area contributed by atoms with E-state index in [9.17, 15) is 15.2 Å². The predicted octanol–water partition coefficient (Wildman–Crippen LogP) is 4.11. The molecule has 1 aliphatic rings. The van der Waals surface area contributed by atoms with Crippen LogP contribution in [0.25, 0.3) is 0 Å². The lowest BCUT2D eigenvalue weighted by molar-refractivity contribution is -0.384. The third-order valence-corrected chi connectivity index (χ3v) is 4.37. The van der Waals surface area contributed by atoms with E-state index in [0.717, 1.165) is 24.3 Å². The maximum Gasteiger partial charge on any atom is 0.269 e. The standard InChI is InChI=1S/C18H19NO3/c20-18-9-3-14(4-10-18)12-16(15-5-6-15)11-13-1-7-17(8-2-13)19(21)22/h1-4,7-10,15-16,20H,5-6,11-12H2. The lowest BCUT2D eigenvalue weighted by Gasteiger charge is -2.16. The summed E-state index contributed by atoms with van der Waals surface area (Å²) in [5.74, 6) is 1.61. The van der Waals surface area contributed by atoms with Crippen molar-refractivity contribution in [2.45, 2.75) is 25.7 Å². The van der Waals surface area contributed by atoms with Gasteiger partial charge in [0.1, 0.15) is 5.75 Å². The van der Waals surface area contributed by atoms with E-state index in [-0.39, 0.29) is 10.6 Å². The molecule has 1 fully saturated rings. The second-order valence-electron chi connectivity index (χ2n) is 6.10. The first-order valence-electron chi connectivity index (χ1n) is 7.63. The van der Waals surface area contributed by atoms with Crippen LogP contribution in [0.3, 0.4) is 0 Å². The van der Waals surface area contributed by atoms with Gasteiger partial charge < -0.3 is 5.11 Å². The second-order valence-corrected chi connectivity index (χ2v) is 6.10. The van der Waals surface area contributed by atoms with Gasteiger partial charge in [-0.25, -0.2) is 0 Å². The topological polar surface area (TPSA) is 63.4 Å². The van der Waals surface area contributed by atoms with E-state index in [2.05, 4.69) is 0 Å². The van der Waals surface area contributed by atoms with Gasteiger partial charge in [-0.1, -0.05) is 24.3 Å². The molecule has 0 spiro atoms. The van der Waals surface area contributed by atoms with Gasteiger partial charge in [0.2, 0.25) is 0 Å². The van der Waals surface area contributed by atoms with Crippen LogP contribution < -0.4 is 0 Å². The average Bonchev–Trinajstić information content (AvgIpc) is 3.34. The van der Waals surface area contributed by atoms with Crippen LogP contribution in [0.4, 0.5) is 5.69 Å². The number of phenols is 1. The van der Waals surface area contributed by atoms with E-state index in [1.54, 1.807) is 24.3 Å². The number of phenolic OH excluding ortho intramolecular Hbond substituents is 1. The fourth-order valence-electron chi connectivity index (χ4n) is 2.96. The Labute approximate surface area is 129 Å². The average molecular weight is 297 g/mol. The van der Waals surface area contributed by atoms with Crippen molar-refractivity contribution in [2.24, 2.45) is 11.8 Å². The van der Waals surface area contributed by atoms with Crippen LogP contribution in [0.15, 0.2) is 48.5 Å². The van der Waals surface area contributed by atoms with Crippen molar-refractivity contribution < 1.29 is 10.0 Å². The molecular weight excluding hydrogens is 278 g/mol. The van der Waals surface area contributed by atoms with Crippen molar-refractivity contribution in [2.75, 3.05) is 0 Å². The first kappa shape index (κ1) is 14.6. The lowest BCUT2D eigenvalue weighted by Crippen LogP contribution is -2.10. The van der Waals surface area contributed by atoms with E-state index in [1.807, 2.05) is 24.3 Å². The summed E-state index contributed by atoms with van der Waals surface area (Å²) in [5.41, 5.74) is 2.53. The molecule has 0 bridgehead atoms. The van der Waals surface area contributed by atoms with Crippen LogP contribution in [0.2, 0.25) is 0 Å². The first-order valence-corrected chi connectivity index (χ1v) is 7.63. The summed E-state index contributed by atoms with van der Waals surface area (Å²) < 4.78 is 0. The molecule has 3 rings (SSSR count). The monoisotopic (exact) mass is 297 g/mol. The predicted molar refractivity (Wildman–Crippen MR) is 84.8 cm³/mol. The molecule has 1 saturated carbocycles. The van der Waals surface area contributed by atoms with Crippen molar-refractivity contribution >= 4 is 5.69 Å². The fourth-order valence-corrected chi connectivity index (χ4v) is 2.96. The van der Waals surface area contributed by atoms with Crippen LogP contribution in [0.5, 0.6) is 5.75 Å². The maximum atomic E-state index is 10.7. The molecule has 4 nitrogen and oxygen atoms in total. The van der Waals surface area contributed by atoms with Gasteiger partial charge in [0.15, 0.2) is 0 Å². The zero-order valence-corrected chi connectivity index (χ0v) is 12.3. The summed E-state index contributed by atoms with van der Waals surface area (Å²) in [5, 5.41) is 20.1. The van der Waals surface area contributed by atoms with Crippen molar-refractivity contribution in [3.05, 3.63) is 69.8 Å². The summed E-state index contributed by atoms with van der Waals surface area (Å²) >= 11 is 0. The second kappa shape index (κ2) is 6.18. The molecule has 0 saturated heterocycles. The quantitative estimate of drug-likeness (QED) is 0.644. The number of benzene rings is 2. The lowest BCUT2D eigenvalue weighted by atomic mass is 9.88. The summed E-state index contributed by atoms with van der Waals surface area (Å²) in [6.45, 7) is 0. The zero-order valence-electron chi connectivity index (χ0n) is 12.3. The summed E-state index contributed by atoms with van der Waals surface area (Å²) in [6.07, 6.45) is 4.48. The SMILES string of the molecule is O=[N+]([O-])c1ccc(CC(Cc2ccc(O)cc2)C2CC2)cc1. The van der Waals surface area contributed by atoms with Gasteiger partial charge in [-0.2, -0.15) is 0 Å². The molecule has 114 valence electrons. The molecule has 0 aliphatic heterocycles. The molecule has 4 heteroatoms. The van der Waals surface area contributed by atoms with Crippen LogP contribution in [-0.4, -0.2) is 10.0 Å². The number of hydrogen-bond donors (Lipinski definition) is 1. The number of nitro benzene ring substituents is 1. The summed E-state index contributed by atoms with van der Waals surface area (Å²) in [7, 11) is 0. The van der Waals surface area contributed by atoms with Crippen molar-refractivity contribution in [1.82, 2.24) is 0 Å². The van der Waals surface area contributed by atoms with Gasteiger partial charge in [-0.3, -0.25) is 10.1 Å². The summed E-state index contributed by atoms with van der Waals surface area (Å²) in [4.78, 5) is 10.3. The Morgan fingerprint density at radius 3 is 1.95 bits per heavy atom. The smallest absolute Gasteiger partial charge is 0.269 e. The third kappa shape index (κ3) is 3.64. The highest BCUT2D eigenvalue weighted by Crippen LogP contribution is 2.40. The Morgan fingerprint density at radius 2 is 1.50 bits per heavy atom. The zero-order chi connectivity index (χ0) is 15.5. The van der Waals surface area contributed by atoms with Crippen LogP contribution >= 0.6 is 0 Å². The summed E-state index contributed by atoms with van der Waals surface area (Å²) in [6, 6.07) is 14.3. The van der Waals surface area contributed by atoms with Crippen molar-refractivity contribution in [3.8, 4) is 5.75 Å². The van der Waals surface area contributed by atoms with Gasteiger partial charge in [0, 0.05) is 12.1 Å². The van der Waals surface area contributed by atoms with Crippen LogP contribution in [0.1, 0.15) is 24.0 Å². The Morgan fingerprint density at radius 1 is 1.00 bits per heavy atom. The molecule has 2 aromatic rings. The maximum absolute atomic E-state index is 10.7. The fraction of sp³-hybridized carbons (Fsp3) is 0.333. The van der Waals surface area contributed by atoms with Crippen LogP contribution in [0, 0.1) is 22.0 Å². The number of aromatic hydroxyl groups is 1. The van der Waals surface area contributed by atoms with Gasteiger partial charge in [0.25, 0.3) is 5.69 Å². The Balaban J connectivity index is 1.69. The third-order valence-electron chi connectivity index (χ3n) is 4.37. The number of nitro groups is 1. The molecule has 1 atom stereocenters. The number of rotatable bonds is 6. The van der Waals surface area contributed by atoms with E-state index < -0.39 is 0 Å². The molecule has 22 heavy (non-hydrogen) atoms. The van der Waals surface area contributed by atoms with Crippen LogP contribution in [-0.2, 0) is 12.8 Å².